The fourth-order valence-electron chi connectivity index (χ4n) is 1.79. The molecule has 106 valence electrons. The van der Waals surface area contributed by atoms with Gasteiger partial charge in [0.1, 0.15) is 0 Å². The van der Waals surface area contributed by atoms with Gasteiger partial charge in [0.2, 0.25) is 5.91 Å². The first-order valence-corrected chi connectivity index (χ1v) is 7.69. The highest BCUT2D eigenvalue weighted by Crippen LogP contribution is 2.29. The van der Waals surface area contributed by atoms with Gasteiger partial charge in [0, 0.05) is 6.54 Å². The number of amides is 1. The molecule has 0 bridgehead atoms. The molecule has 20 heavy (non-hydrogen) atoms. The molecule has 0 aliphatic rings. The Bertz CT molecular complexity index is 587. The zero-order valence-electron chi connectivity index (χ0n) is 10.9. The predicted octanol–water partition coefficient (Wildman–Crippen LogP) is 4.13. The highest BCUT2D eigenvalue weighted by Gasteiger charge is 2.10. The van der Waals surface area contributed by atoms with Crippen LogP contribution >= 0.6 is 34.5 Å². The first kappa shape index (κ1) is 15.3. The zero-order valence-corrected chi connectivity index (χ0v) is 13.2. The van der Waals surface area contributed by atoms with E-state index in [2.05, 4.69) is 10.7 Å². The van der Waals surface area contributed by atoms with Crippen LogP contribution in [0.15, 0.2) is 35.0 Å². The van der Waals surface area contributed by atoms with E-state index in [0.717, 1.165) is 6.54 Å². The van der Waals surface area contributed by atoms with Gasteiger partial charge in [-0.3, -0.25) is 9.69 Å². The Morgan fingerprint density at radius 1 is 1.35 bits per heavy atom. The molecule has 1 amide bonds. The van der Waals surface area contributed by atoms with Crippen molar-refractivity contribution < 1.29 is 4.79 Å². The van der Waals surface area contributed by atoms with Gasteiger partial charge < -0.3 is 5.32 Å². The summed E-state index contributed by atoms with van der Waals surface area (Å²) < 4.78 is 0. The molecule has 0 unspecified atom stereocenters. The minimum Gasteiger partial charge on any atom is -0.324 e. The van der Waals surface area contributed by atoms with Gasteiger partial charge in [-0.05, 0) is 41.6 Å². The maximum absolute atomic E-state index is 12.0. The fourth-order valence-corrected chi connectivity index (χ4v) is 2.79. The number of hydrogen-bond acceptors (Lipinski definition) is 3. The standard InChI is InChI=1S/C14H14Cl2N2OS/c1-18(7-10-5-6-20-9-10)8-13(19)17-12-4-2-3-11(15)14(12)16/h2-6,9H,7-8H2,1H3,(H,17,19). The molecule has 0 radical (unpaired) electrons. The van der Waals surface area contributed by atoms with Crippen LogP contribution in [0.5, 0.6) is 0 Å². The van der Waals surface area contributed by atoms with Crippen molar-refractivity contribution in [2.24, 2.45) is 0 Å². The molecule has 3 nitrogen and oxygen atoms in total. The van der Waals surface area contributed by atoms with Crippen molar-refractivity contribution in [2.75, 3.05) is 18.9 Å². The minimum atomic E-state index is -0.119. The van der Waals surface area contributed by atoms with E-state index in [-0.39, 0.29) is 5.91 Å². The minimum absolute atomic E-state index is 0.119. The molecule has 1 N–H and O–H groups in total. The van der Waals surface area contributed by atoms with Gasteiger partial charge in [0.25, 0.3) is 0 Å². The molecule has 2 aromatic rings. The van der Waals surface area contributed by atoms with Gasteiger partial charge in [-0.2, -0.15) is 11.3 Å². The second-order valence-electron chi connectivity index (χ2n) is 4.45. The summed E-state index contributed by atoms with van der Waals surface area (Å²) in [5.74, 6) is -0.119. The van der Waals surface area contributed by atoms with E-state index < -0.39 is 0 Å². The van der Waals surface area contributed by atoms with Crippen LogP contribution in [-0.2, 0) is 11.3 Å². The predicted molar refractivity (Wildman–Crippen MR) is 85.7 cm³/mol. The monoisotopic (exact) mass is 328 g/mol. The molecular formula is C14H14Cl2N2OS. The molecule has 2 rings (SSSR count). The quantitative estimate of drug-likeness (QED) is 0.895. The van der Waals surface area contributed by atoms with Gasteiger partial charge in [0.15, 0.2) is 0 Å². The smallest absolute Gasteiger partial charge is 0.238 e. The van der Waals surface area contributed by atoms with Crippen molar-refractivity contribution in [3.8, 4) is 0 Å². The number of nitrogens with one attached hydrogen (secondary N) is 1. The molecular weight excluding hydrogens is 315 g/mol. The highest BCUT2D eigenvalue weighted by molar-refractivity contribution is 7.07. The van der Waals surface area contributed by atoms with Crippen molar-refractivity contribution in [2.45, 2.75) is 6.54 Å². The van der Waals surface area contributed by atoms with E-state index in [0.29, 0.717) is 22.3 Å². The van der Waals surface area contributed by atoms with E-state index >= 15 is 0 Å². The van der Waals surface area contributed by atoms with E-state index in [1.54, 1.807) is 29.5 Å². The van der Waals surface area contributed by atoms with Crippen LogP contribution in [-0.4, -0.2) is 24.4 Å². The number of halogens is 2. The summed E-state index contributed by atoms with van der Waals surface area (Å²) >= 11 is 13.6. The SMILES string of the molecule is CN(CC(=O)Nc1cccc(Cl)c1Cl)Cc1ccsc1. The van der Waals surface area contributed by atoms with Gasteiger partial charge in [-0.25, -0.2) is 0 Å². The summed E-state index contributed by atoms with van der Waals surface area (Å²) in [6.07, 6.45) is 0. The third kappa shape index (κ3) is 4.21. The van der Waals surface area contributed by atoms with Crippen molar-refractivity contribution in [1.29, 1.82) is 0 Å². The number of nitrogens with zero attached hydrogens (tertiary/aromatic N) is 1. The highest BCUT2D eigenvalue weighted by atomic mass is 35.5. The molecule has 0 spiro atoms. The van der Waals surface area contributed by atoms with E-state index in [1.807, 2.05) is 23.4 Å². The van der Waals surface area contributed by atoms with Crippen LogP contribution in [0.2, 0.25) is 10.0 Å². The summed E-state index contributed by atoms with van der Waals surface area (Å²) in [5.41, 5.74) is 1.74. The van der Waals surface area contributed by atoms with Crippen LogP contribution in [0, 0.1) is 0 Å². The summed E-state index contributed by atoms with van der Waals surface area (Å²) in [5, 5.41) is 7.65. The summed E-state index contributed by atoms with van der Waals surface area (Å²) in [6, 6.07) is 7.21. The van der Waals surface area contributed by atoms with Gasteiger partial charge in [-0.15, -0.1) is 0 Å². The summed E-state index contributed by atoms with van der Waals surface area (Å²) in [7, 11) is 1.90. The zero-order chi connectivity index (χ0) is 14.5. The lowest BCUT2D eigenvalue weighted by Gasteiger charge is -2.16. The Labute approximate surface area is 132 Å². The number of carbonyl (C=O) groups is 1. The Balaban J connectivity index is 1.90. The van der Waals surface area contributed by atoms with E-state index in [1.165, 1.54) is 5.56 Å². The van der Waals surface area contributed by atoms with Crippen LogP contribution < -0.4 is 5.32 Å². The number of carbonyl (C=O) groups excluding carboxylic acids is 1. The third-order valence-corrected chi connectivity index (χ3v) is 4.22. The fraction of sp³-hybridized carbons (Fsp3) is 0.214. The van der Waals surface area contributed by atoms with Crippen molar-refractivity contribution in [1.82, 2.24) is 4.90 Å². The lowest BCUT2D eigenvalue weighted by Crippen LogP contribution is -2.29. The normalized spacial score (nSPS) is 10.8. The average Bonchev–Trinajstić information content (AvgIpc) is 2.87. The van der Waals surface area contributed by atoms with Crippen molar-refractivity contribution in [3.05, 3.63) is 50.6 Å². The lowest BCUT2D eigenvalue weighted by molar-refractivity contribution is -0.117. The first-order valence-electron chi connectivity index (χ1n) is 5.99. The molecule has 1 aromatic carbocycles. The largest absolute Gasteiger partial charge is 0.324 e. The topological polar surface area (TPSA) is 32.3 Å². The van der Waals surface area contributed by atoms with Crippen molar-refractivity contribution in [3.63, 3.8) is 0 Å². The number of thiophene rings is 1. The molecule has 0 fully saturated rings. The van der Waals surface area contributed by atoms with Gasteiger partial charge in [0.05, 0.1) is 22.3 Å². The number of rotatable bonds is 5. The first-order chi connectivity index (χ1) is 9.56. The second kappa shape index (κ2) is 7.09. The molecule has 1 aromatic heterocycles. The maximum Gasteiger partial charge on any atom is 0.238 e. The molecule has 0 aliphatic heterocycles. The van der Waals surface area contributed by atoms with Crippen LogP contribution in [0.4, 0.5) is 5.69 Å². The Kier molecular flexibility index (Phi) is 5.43. The lowest BCUT2D eigenvalue weighted by atomic mass is 10.3. The number of likely N-dealkylation sites (N-methyl/N-ethyl adjacent to an activating group) is 1. The van der Waals surface area contributed by atoms with Gasteiger partial charge in [-0.1, -0.05) is 29.3 Å². The molecule has 0 aliphatic carbocycles. The second-order valence-corrected chi connectivity index (χ2v) is 6.02. The molecule has 0 saturated carbocycles. The summed E-state index contributed by atoms with van der Waals surface area (Å²) in [6.45, 7) is 1.03. The molecule has 0 atom stereocenters. The van der Waals surface area contributed by atoms with Crippen LogP contribution in [0.1, 0.15) is 5.56 Å². The van der Waals surface area contributed by atoms with E-state index in [4.69, 9.17) is 23.2 Å². The molecule has 1 heterocycles. The van der Waals surface area contributed by atoms with Crippen molar-refractivity contribution >= 4 is 46.1 Å². The Hall–Kier alpha value is -1.07. The maximum atomic E-state index is 12.0. The summed E-state index contributed by atoms with van der Waals surface area (Å²) in [4.78, 5) is 13.9. The van der Waals surface area contributed by atoms with Crippen LogP contribution in [0.3, 0.4) is 0 Å². The third-order valence-electron chi connectivity index (χ3n) is 2.67. The van der Waals surface area contributed by atoms with Gasteiger partial charge >= 0.3 is 0 Å². The number of benzene rings is 1. The Morgan fingerprint density at radius 3 is 2.85 bits per heavy atom. The van der Waals surface area contributed by atoms with Crippen LogP contribution in [0.25, 0.3) is 0 Å². The number of anilines is 1. The average molecular weight is 329 g/mol. The number of hydrogen-bond donors (Lipinski definition) is 1. The molecule has 0 saturated heterocycles. The molecule has 6 heteroatoms. The van der Waals surface area contributed by atoms with E-state index in [9.17, 15) is 4.79 Å². The Morgan fingerprint density at radius 2 is 2.15 bits per heavy atom.